The molecule has 1 aliphatic rings. The predicted octanol–water partition coefficient (Wildman–Crippen LogP) is 5.13. The van der Waals surface area contributed by atoms with Crippen LogP contribution in [-0.4, -0.2) is 30.0 Å². The van der Waals surface area contributed by atoms with Crippen LogP contribution in [0.4, 0.5) is 5.69 Å². The van der Waals surface area contributed by atoms with Gasteiger partial charge in [-0.2, -0.15) is 0 Å². The second kappa shape index (κ2) is 8.26. The maximum atomic E-state index is 13.0. The Kier molecular flexibility index (Phi) is 5.81. The van der Waals surface area contributed by atoms with Gasteiger partial charge in [0.2, 0.25) is 0 Å². The first-order valence-electron chi connectivity index (χ1n) is 11.1. The standard InChI is InChI=1S/C24H32N4O2S/c1-24(2,3)23-26-21-15-19(27(4)31(29,30)20-11-8-14-25-16-20)12-13-22(21)28(23)17-18-9-6-5-7-10-18/h8,11-16,18H,5-7,9-10,17H2,1-4H3. The van der Waals surface area contributed by atoms with Crippen molar-refractivity contribution in [2.45, 2.75) is 69.7 Å². The van der Waals surface area contributed by atoms with Crippen molar-refractivity contribution in [1.82, 2.24) is 14.5 Å². The fourth-order valence-corrected chi connectivity index (χ4v) is 5.65. The highest BCUT2D eigenvalue weighted by Gasteiger charge is 2.27. The van der Waals surface area contributed by atoms with Crippen molar-refractivity contribution < 1.29 is 8.42 Å². The van der Waals surface area contributed by atoms with Gasteiger partial charge in [-0.25, -0.2) is 13.4 Å². The smallest absolute Gasteiger partial charge is 0.265 e. The van der Waals surface area contributed by atoms with E-state index in [0.717, 1.165) is 23.4 Å². The maximum absolute atomic E-state index is 13.0. The SMILES string of the molecule is CN(c1ccc2c(c1)nc(C(C)(C)C)n2CC1CCCCC1)S(=O)(=O)c1cccnc1. The summed E-state index contributed by atoms with van der Waals surface area (Å²) in [6.07, 6.45) is 9.45. The molecule has 166 valence electrons. The van der Waals surface area contributed by atoms with E-state index in [-0.39, 0.29) is 10.3 Å². The minimum Gasteiger partial charge on any atom is -0.327 e. The first kappa shape index (κ1) is 21.8. The van der Waals surface area contributed by atoms with Gasteiger partial charge in [0.25, 0.3) is 10.0 Å². The van der Waals surface area contributed by atoms with Crippen LogP contribution in [0.3, 0.4) is 0 Å². The van der Waals surface area contributed by atoms with Crippen molar-refractivity contribution in [3.05, 3.63) is 48.5 Å². The number of pyridine rings is 1. The molecule has 1 saturated carbocycles. The van der Waals surface area contributed by atoms with Crippen LogP contribution in [0.15, 0.2) is 47.6 Å². The average molecular weight is 441 g/mol. The third-order valence-electron chi connectivity index (χ3n) is 6.22. The number of benzene rings is 1. The zero-order valence-electron chi connectivity index (χ0n) is 18.9. The summed E-state index contributed by atoms with van der Waals surface area (Å²) in [5, 5.41) is 0. The summed E-state index contributed by atoms with van der Waals surface area (Å²) < 4.78 is 29.7. The lowest BCUT2D eigenvalue weighted by Crippen LogP contribution is -2.26. The van der Waals surface area contributed by atoms with Crippen LogP contribution >= 0.6 is 0 Å². The van der Waals surface area contributed by atoms with Gasteiger partial charge >= 0.3 is 0 Å². The van der Waals surface area contributed by atoms with Gasteiger partial charge in [-0.05, 0) is 49.1 Å². The fourth-order valence-electron chi connectivity index (χ4n) is 4.50. The van der Waals surface area contributed by atoms with Gasteiger partial charge in [-0.3, -0.25) is 9.29 Å². The van der Waals surface area contributed by atoms with E-state index in [1.54, 1.807) is 25.4 Å². The molecule has 2 aromatic heterocycles. The number of hydrogen-bond acceptors (Lipinski definition) is 4. The number of sulfonamides is 1. The molecule has 4 rings (SSSR count). The van der Waals surface area contributed by atoms with Crippen molar-refractivity contribution in [2.24, 2.45) is 5.92 Å². The summed E-state index contributed by atoms with van der Waals surface area (Å²) in [7, 11) is -2.10. The number of nitrogens with zero attached hydrogens (tertiary/aromatic N) is 4. The molecule has 0 aliphatic heterocycles. The lowest BCUT2D eigenvalue weighted by molar-refractivity contribution is 0.313. The van der Waals surface area contributed by atoms with Crippen LogP contribution in [0, 0.1) is 5.92 Å². The van der Waals surface area contributed by atoms with Crippen molar-refractivity contribution in [3.63, 3.8) is 0 Å². The summed E-state index contributed by atoms with van der Waals surface area (Å²) in [5.74, 6) is 1.74. The second-order valence-corrected chi connectivity index (χ2v) is 11.6. The summed E-state index contributed by atoms with van der Waals surface area (Å²) in [5.41, 5.74) is 2.42. The zero-order chi connectivity index (χ0) is 22.2. The van der Waals surface area contributed by atoms with Gasteiger partial charge in [0.1, 0.15) is 10.7 Å². The Morgan fingerprint density at radius 1 is 1.13 bits per heavy atom. The van der Waals surface area contributed by atoms with E-state index < -0.39 is 10.0 Å². The molecule has 1 fully saturated rings. The molecule has 31 heavy (non-hydrogen) atoms. The Morgan fingerprint density at radius 3 is 2.52 bits per heavy atom. The fraction of sp³-hybridized carbons (Fsp3) is 0.500. The van der Waals surface area contributed by atoms with Crippen molar-refractivity contribution in [3.8, 4) is 0 Å². The topological polar surface area (TPSA) is 68.1 Å². The molecule has 0 amide bonds. The number of aromatic nitrogens is 3. The molecule has 0 bridgehead atoms. The van der Waals surface area contributed by atoms with Crippen LogP contribution in [0.5, 0.6) is 0 Å². The molecule has 3 aromatic rings. The van der Waals surface area contributed by atoms with Gasteiger partial charge in [0.05, 0.1) is 16.7 Å². The number of fused-ring (bicyclic) bond motifs is 1. The number of imidazole rings is 1. The maximum Gasteiger partial charge on any atom is 0.265 e. The van der Waals surface area contributed by atoms with Crippen molar-refractivity contribution in [2.75, 3.05) is 11.4 Å². The first-order chi connectivity index (χ1) is 14.7. The average Bonchev–Trinajstić information content (AvgIpc) is 3.12. The Bertz CT molecular complexity index is 1160. The second-order valence-electron chi connectivity index (χ2n) is 9.63. The molecule has 0 saturated heterocycles. The van der Waals surface area contributed by atoms with E-state index in [0.29, 0.717) is 11.6 Å². The Morgan fingerprint density at radius 2 is 1.87 bits per heavy atom. The third-order valence-corrected chi connectivity index (χ3v) is 7.99. The molecular weight excluding hydrogens is 408 g/mol. The van der Waals surface area contributed by atoms with E-state index in [2.05, 4.69) is 30.3 Å². The molecule has 1 aromatic carbocycles. The van der Waals surface area contributed by atoms with Crippen LogP contribution in [0.2, 0.25) is 0 Å². The number of hydrogen-bond donors (Lipinski definition) is 0. The minimum absolute atomic E-state index is 0.0957. The van der Waals surface area contributed by atoms with Crippen LogP contribution < -0.4 is 4.31 Å². The van der Waals surface area contributed by atoms with E-state index in [9.17, 15) is 8.42 Å². The lowest BCUT2D eigenvalue weighted by Gasteiger charge is -2.26. The van der Waals surface area contributed by atoms with Gasteiger partial charge in [0, 0.05) is 31.4 Å². The summed E-state index contributed by atoms with van der Waals surface area (Å²) in [4.78, 5) is 9.11. The van der Waals surface area contributed by atoms with Gasteiger partial charge in [-0.1, -0.05) is 40.0 Å². The predicted molar refractivity (Wildman–Crippen MR) is 125 cm³/mol. The Balaban J connectivity index is 1.74. The molecule has 0 atom stereocenters. The molecular formula is C24H32N4O2S. The van der Waals surface area contributed by atoms with Crippen LogP contribution in [0.1, 0.15) is 58.7 Å². The molecule has 6 nitrogen and oxygen atoms in total. The van der Waals surface area contributed by atoms with Gasteiger partial charge in [-0.15, -0.1) is 0 Å². The largest absolute Gasteiger partial charge is 0.327 e. The lowest BCUT2D eigenvalue weighted by atomic mass is 9.88. The van der Waals surface area contributed by atoms with Crippen molar-refractivity contribution >= 4 is 26.7 Å². The molecule has 2 heterocycles. The van der Waals surface area contributed by atoms with Crippen LogP contribution in [-0.2, 0) is 22.0 Å². The summed E-state index contributed by atoms with van der Waals surface area (Å²) >= 11 is 0. The Labute approximate surface area is 185 Å². The highest BCUT2D eigenvalue weighted by atomic mass is 32.2. The third kappa shape index (κ3) is 4.33. The van der Waals surface area contributed by atoms with Gasteiger partial charge in [0.15, 0.2) is 0 Å². The van der Waals surface area contributed by atoms with Crippen LogP contribution in [0.25, 0.3) is 11.0 Å². The zero-order valence-corrected chi connectivity index (χ0v) is 19.7. The van der Waals surface area contributed by atoms with E-state index >= 15 is 0 Å². The molecule has 0 spiro atoms. The molecule has 7 heteroatoms. The number of rotatable bonds is 5. The highest BCUT2D eigenvalue weighted by molar-refractivity contribution is 7.92. The molecule has 1 aliphatic carbocycles. The van der Waals surface area contributed by atoms with Gasteiger partial charge < -0.3 is 4.57 Å². The highest BCUT2D eigenvalue weighted by Crippen LogP contribution is 2.33. The Hall–Kier alpha value is -2.41. The molecule has 0 unspecified atom stereocenters. The van der Waals surface area contributed by atoms with E-state index in [4.69, 9.17) is 4.98 Å². The molecule has 0 N–H and O–H groups in total. The van der Waals surface area contributed by atoms with Crippen molar-refractivity contribution in [1.29, 1.82) is 0 Å². The summed E-state index contributed by atoms with van der Waals surface area (Å²) in [6.45, 7) is 7.54. The number of anilines is 1. The van der Waals surface area contributed by atoms with E-state index in [1.807, 2.05) is 18.2 Å². The minimum atomic E-state index is -3.68. The first-order valence-corrected chi connectivity index (χ1v) is 12.5. The monoisotopic (exact) mass is 440 g/mol. The summed E-state index contributed by atoms with van der Waals surface area (Å²) in [6, 6.07) is 8.98. The quantitative estimate of drug-likeness (QED) is 0.551. The van der Waals surface area contributed by atoms with E-state index in [1.165, 1.54) is 42.6 Å². The normalized spacial score (nSPS) is 16.0. The molecule has 0 radical (unpaired) electrons.